The van der Waals surface area contributed by atoms with E-state index in [1.54, 1.807) is 0 Å². The van der Waals surface area contributed by atoms with E-state index >= 15 is 0 Å². The van der Waals surface area contributed by atoms with E-state index < -0.39 is 0 Å². The van der Waals surface area contributed by atoms with Crippen molar-refractivity contribution in [2.24, 2.45) is 0 Å². The van der Waals surface area contributed by atoms with Gasteiger partial charge in [-0.15, -0.1) is 0 Å². The summed E-state index contributed by atoms with van der Waals surface area (Å²) in [6.07, 6.45) is 0. The van der Waals surface area contributed by atoms with Crippen molar-refractivity contribution in [1.29, 1.82) is 0 Å². The van der Waals surface area contributed by atoms with Crippen LogP contribution in [-0.4, -0.2) is 28.4 Å². The first-order valence-corrected chi connectivity index (χ1v) is 7.76. The highest BCUT2D eigenvalue weighted by molar-refractivity contribution is 7.09. The summed E-state index contributed by atoms with van der Waals surface area (Å²) in [5.41, 5.74) is 1.82. The SMILES string of the molecule is Cc1ccc(C(=O)NCCNc2nc(C(C)C)ns2)cc1. The fourth-order valence-electron chi connectivity index (χ4n) is 1.69. The number of rotatable bonds is 6. The largest absolute Gasteiger partial charge is 0.359 e. The number of carbonyl (C=O) groups is 1. The lowest BCUT2D eigenvalue weighted by Gasteiger charge is -2.06. The lowest BCUT2D eigenvalue weighted by molar-refractivity contribution is 0.0955. The molecule has 1 aromatic carbocycles. The number of nitrogens with one attached hydrogen (secondary N) is 2. The summed E-state index contributed by atoms with van der Waals surface area (Å²) < 4.78 is 4.27. The molecule has 0 fully saturated rings. The summed E-state index contributed by atoms with van der Waals surface area (Å²) in [6, 6.07) is 7.53. The lowest BCUT2D eigenvalue weighted by Crippen LogP contribution is -2.28. The van der Waals surface area contributed by atoms with Crippen molar-refractivity contribution in [2.45, 2.75) is 26.7 Å². The fourth-order valence-corrected chi connectivity index (χ4v) is 2.43. The highest BCUT2D eigenvalue weighted by atomic mass is 32.1. The van der Waals surface area contributed by atoms with Gasteiger partial charge in [-0.05, 0) is 19.1 Å². The monoisotopic (exact) mass is 304 g/mol. The van der Waals surface area contributed by atoms with Crippen LogP contribution in [0.25, 0.3) is 0 Å². The van der Waals surface area contributed by atoms with Crippen LogP contribution in [0.1, 0.15) is 41.5 Å². The van der Waals surface area contributed by atoms with Crippen molar-refractivity contribution in [2.75, 3.05) is 18.4 Å². The van der Waals surface area contributed by atoms with Gasteiger partial charge < -0.3 is 10.6 Å². The molecule has 2 aromatic rings. The Hall–Kier alpha value is -1.95. The van der Waals surface area contributed by atoms with Gasteiger partial charge >= 0.3 is 0 Å². The van der Waals surface area contributed by atoms with E-state index in [4.69, 9.17) is 0 Å². The summed E-state index contributed by atoms with van der Waals surface area (Å²) in [4.78, 5) is 16.3. The molecule has 0 unspecified atom stereocenters. The van der Waals surface area contributed by atoms with E-state index in [0.717, 1.165) is 16.5 Å². The van der Waals surface area contributed by atoms with Crippen LogP contribution in [0.4, 0.5) is 5.13 Å². The number of aromatic nitrogens is 2. The summed E-state index contributed by atoms with van der Waals surface area (Å²) in [6.45, 7) is 7.30. The van der Waals surface area contributed by atoms with Crippen LogP contribution in [0.5, 0.6) is 0 Å². The first kappa shape index (κ1) is 15.4. The minimum absolute atomic E-state index is 0.0584. The molecule has 1 heterocycles. The van der Waals surface area contributed by atoms with Crippen LogP contribution in [-0.2, 0) is 0 Å². The van der Waals surface area contributed by atoms with E-state index in [1.165, 1.54) is 11.5 Å². The van der Waals surface area contributed by atoms with Crippen LogP contribution in [0, 0.1) is 6.92 Å². The average Bonchev–Trinajstić information content (AvgIpc) is 2.93. The van der Waals surface area contributed by atoms with Gasteiger partial charge in [-0.3, -0.25) is 4.79 Å². The fraction of sp³-hybridized carbons (Fsp3) is 0.400. The molecule has 0 saturated carbocycles. The predicted octanol–water partition coefficient (Wildman–Crippen LogP) is 2.81. The maximum Gasteiger partial charge on any atom is 0.251 e. The minimum Gasteiger partial charge on any atom is -0.359 e. The molecule has 0 aliphatic heterocycles. The molecule has 0 spiro atoms. The minimum atomic E-state index is -0.0584. The van der Waals surface area contributed by atoms with E-state index in [0.29, 0.717) is 24.6 Å². The number of nitrogens with zero attached hydrogens (tertiary/aromatic N) is 2. The van der Waals surface area contributed by atoms with Crippen LogP contribution < -0.4 is 10.6 Å². The van der Waals surface area contributed by atoms with Crippen LogP contribution >= 0.6 is 11.5 Å². The molecule has 0 atom stereocenters. The number of benzene rings is 1. The second-order valence-corrected chi connectivity index (χ2v) is 5.91. The van der Waals surface area contributed by atoms with E-state index in [1.807, 2.05) is 31.2 Å². The molecule has 0 aliphatic rings. The van der Waals surface area contributed by atoms with Gasteiger partial charge in [0.1, 0.15) is 5.82 Å². The molecular formula is C15H20N4OS. The Morgan fingerprint density at radius 1 is 1.24 bits per heavy atom. The third-order valence-corrected chi connectivity index (χ3v) is 3.65. The van der Waals surface area contributed by atoms with Crippen molar-refractivity contribution in [3.8, 4) is 0 Å². The molecule has 2 rings (SSSR count). The van der Waals surface area contributed by atoms with Gasteiger partial charge in [0.15, 0.2) is 0 Å². The zero-order valence-corrected chi connectivity index (χ0v) is 13.3. The Balaban J connectivity index is 1.74. The number of amides is 1. The van der Waals surface area contributed by atoms with Crippen LogP contribution in [0.2, 0.25) is 0 Å². The number of carbonyl (C=O) groups excluding carboxylic acids is 1. The second kappa shape index (κ2) is 7.17. The van der Waals surface area contributed by atoms with Gasteiger partial charge in [0.25, 0.3) is 5.91 Å². The van der Waals surface area contributed by atoms with Gasteiger partial charge in [0.05, 0.1) is 0 Å². The topological polar surface area (TPSA) is 66.9 Å². The maximum atomic E-state index is 11.9. The van der Waals surface area contributed by atoms with Crippen molar-refractivity contribution in [3.05, 3.63) is 41.2 Å². The standard InChI is InChI=1S/C15H20N4OS/c1-10(2)13-18-15(21-19-13)17-9-8-16-14(20)12-6-4-11(3)5-7-12/h4-7,10H,8-9H2,1-3H3,(H,16,20)(H,17,18,19). The number of hydrogen-bond acceptors (Lipinski definition) is 5. The first-order valence-electron chi connectivity index (χ1n) is 6.98. The Labute approximate surface area is 129 Å². The van der Waals surface area contributed by atoms with Crippen LogP contribution in [0.3, 0.4) is 0 Å². The summed E-state index contributed by atoms with van der Waals surface area (Å²) in [7, 11) is 0. The molecule has 0 aliphatic carbocycles. The Morgan fingerprint density at radius 2 is 1.95 bits per heavy atom. The normalized spacial score (nSPS) is 10.7. The first-order chi connectivity index (χ1) is 10.1. The number of hydrogen-bond donors (Lipinski definition) is 2. The molecule has 2 N–H and O–H groups in total. The smallest absolute Gasteiger partial charge is 0.251 e. The molecule has 0 bridgehead atoms. The predicted molar refractivity (Wildman–Crippen MR) is 86.0 cm³/mol. The Bertz CT molecular complexity index is 592. The molecule has 21 heavy (non-hydrogen) atoms. The van der Waals surface area contributed by atoms with E-state index in [9.17, 15) is 4.79 Å². The van der Waals surface area contributed by atoms with Gasteiger partial charge in [-0.25, -0.2) is 4.98 Å². The highest BCUT2D eigenvalue weighted by Gasteiger charge is 2.07. The molecule has 1 amide bonds. The third kappa shape index (κ3) is 4.53. The number of anilines is 1. The molecular weight excluding hydrogens is 284 g/mol. The molecule has 0 radical (unpaired) electrons. The quantitative estimate of drug-likeness (QED) is 0.805. The van der Waals surface area contributed by atoms with Crippen molar-refractivity contribution in [1.82, 2.24) is 14.7 Å². The molecule has 0 saturated heterocycles. The maximum absolute atomic E-state index is 11.9. The van der Waals surface area contributed by atoms with E-state index in [2.05, 4.69) is 33.8 Å². The summed E-state index contributed by atoms with van der Waals surface area (Å²) in [5.74, 6) is 1.13. The molecule has 1 aromatic heterocycles. The van der Waals surface area contributed by atoms with Gasteiger partial charge in [-0.2, -0.15) is 4.37 Å². The van der Waals surface area contributed by atoms with Gasteiger partial charge in [0, 0.05) is 36.1 Å². The Kier molecular flexibility index (Phi) is 5.27. The summed E-state index contributed by atoms with van der Waals surface area (Å²) in [5, 5.41) is 6.83. The Morgan fingerprint density at radius 3 is 2.57 bits per heavy atom. The molecule has 5 nitrogen and oxygen atoms in total. The van der Waals surface area contributed by atoms with E-state index in [-0.39, 0.29) is 5.91 Å². The van der Waals surface area contributed by atoms with Crippen molar-refractivity contribution < 1.29 is 4.79 Å². The zero-order valence-electron chi connectivity index (χ0n) is 12.5. The van der Waals surface area contributed by atoms with Crippen molar-refractivity contribution in [3.63, 3.8) is 0 Å². The third-order valence-electron chi connectivity index (χ3n) is 2.96. The molecule has 6 heteroatoms. The van der Waals surface area contributed by atoms with Gasteiger partial charge in [-0.1, -0.05) is 31.5 Å². The number of aryl methyl sites for hydroxylation is 1. The zero-order chi connectivity index (χ0) is 15.2. The van der Waals surface area contributed by atoms with Crippen LogP contribution in [0.15, 0.2) is 24.3 Å². The lowest BCUT2D eigenvalue weighted by atomic mass is 10.1. The summed E-state index contributed by atoms with van der Waals surface area (Å²) >= 11 is 1.35. The average molecular weight is 304 g/mol. The van der Waals surface area contributed by atoms with Gasteiger partial charge in [0.2, 0.25) is 5.13 Å². The van der Waals surface area contributed by atoms with Crippen molar-refractivity contribution >= 4 is 22.6 Å². The highest BCUT2D eigenvalue weighted by Crippen LogP contribution is 2.16. The molecule has 112 valence electrons. The second-order valence-electron chi connectivity index (χ2n) is 5.16.